The van der Waals surface area contributed by atoms with Gasteiger partial charge in [-0.05, 0) is 41.4 Å². The van der Waals surface area contributed by atoms with E-state index < -0.39 is 5.97 Å². The fourth-order valence-electron chi connectivity index (χ4n) is 2.10. The van der Waals surface area contributed by atoms with Crippen molar-refractivity contribution >= 4 is 35.1 Å². The summed E-state index contributed by atoms with van der Waals surface area (Å²) in [5, 5.41) is 20.4. The summed E-state index contributed by atoms with van der Waals surface area (Å²) in [5.41, 5.74) is 0.706. The zero-order valence-electron chi connectivity index (χ0n) is 13.9. The van der Waals surface area contributed by atoms with Crippen molar-refractivity contribution in [3.63, 3.8) is 0 Å². The first-order valence-electron chi connectivity index (χ1n) is 7.39. The Balaban J connectivity index is 1.86. The van der Waals surface area contributed by atoms with E-state index in [4.69, 9.17) is 9.47 Å². The highest BCUT2D eigenvalue weighted by Crippen LogP contribution is 2.31. The highest BCUT2D eigenvalue weighted by atomic mass is 32.2. The Kier molecular flexibility index (Phi) is 5.59. The molecule has 0 spiro atoms. The van der Waals surface area contributed by atoms with Crippen LogP contribution in [0.25, 0.3) is 17.5 Å². The molecule has 9 heteroatoms. The van der Waals surface area contributed by atoms with Gasteiger partial charge in [0.05, 0.1) is 20.2 Å². The van der Waals surface area contributed by atoms with Gasteiger partial charge < -0.3 is 19.4 Å². The van der Waals surface area contributed by atoms with Crippen molar-refractivity contribution < 1.29 is 19.4 Å². The van der Waals surface area contributed by atoms with Gasteiger partial charge in [-0.2, -0.15) is 0 Å². The number of carbonyl (C=O) groups is 1. The quantitative estimate of drug-likeness (QED) is 0.490. The van der Waals surface area contributed by atoms with Gasteiger partial charge in [0, 0.05) is 21.4 Å². The molecule has 0 saturated carbocycles. The number of nitrogens with zero attached hydrogens (tertiary/aromatic N) is 2. The van der Waals surface area contributed by atoms with Gasteiger partial charge in [-0.3, -0.25) is 5.10 Å². The Bertz CT molecular complexity index is 913. The Morgan fingerprint density at radius 2 is 2.00 bits per heavy atom. The van der Waals surface area contributed by atoms with Gasteiger partial charge in [-0.25, -0.2) is 4.98 Å². The molecule has 26 heavy (non-hydrogen) atoms. The number of ether oxygens (including phenoxy) is 2. The molecule has 0 amide bonds. The third-order valence-corrected chi connectivity index (χ3v) is 5.00. The fourth-order valence-corrected chi connectivity index (χ4v) is 3.52. The number of hydrogen-bond acceptors (Lipinski definition) is 8. The minimum atomic E-state index is -1.28. The summed E-state index contributed by atoms with van der Waals surface area (Å²) in [6.45, 7) is 0. The molecule has 0 aliphatic rings. The summed E-state index contributed by atoms with van der Waals surface area (Å²) in [6.07, 6.45) is 1.54. The average molecular weight is 388 g/mol. The molecule has 3 aromatic rings. The molecular weight excluding hydrogens is 374 g/mol. The maximum absolute atomic E-state index is 11.4. The lowest BCUT2D eigenvalue weighted by atomic mass is 10.2. The monoisotopic (exact) mass is 388 g/mol. The summed E-state index contributed by atoms with van der Waals surface area (Å²) in [4.78, 5) is 16.6. The van der Waals surface area contributed by atoms with Crippen LogP contribution in [-0.2, 0) is 4.79 Å². The fraction of sp³-hybridized carbons (Fsp3) is 0.118. The number of hydrogen-bond donors (Lipinski definition) is 1. The average Bonchev–Trinajstić information content (AvgIpc) is 3.32. The summed E-state index contributed by atoms with van der Waals surface area (Å²) in [5.74, 6) is 0.409. The first kappa shape index (κ1) is 18.0. The molecule has 7 nitrogen and oxygen atoms in total. The second kappa shape index (κ2) is 8.07. The summed E-state index contributed by atoms with van der Waals surface area (Å²) in [6, 6.07) is 8.96. The van der Waals surface area contributed by atoms with Gasteiger partial charge in [0.1, 0.15) is 11.5 Å². The van der Waals surface area contributed by atoms with Crippen LogP contribution in [0.15, 0.2) is 45.8 Å². The Morgan fingerprint density at radius 3 is 2.58 bits per heavy atom. The summed E-state index contributed by atoms with van der Waals surface area (Å²) < 4.78 is 10.5. The minimum absolute atomic E-state index is 0.0289. The molecule has 0 saturated heterocycles. The molecule has 1 aromatic carbocycles. The van der Waals surface area contributed by atoms with Gasteiger partial charge in [-0.1, -0.05) is 6.07 Å². The van der Waals surface area contributed by atoms with E-state index >= 15 is 0 Å². The number of methoxy groups -OCH3 is 2. The third-order valence-electron chi connectivity index (χ3n) is 3.31. The van der Waals surface area contributed by atoms with Crippen LogP contribution in [0.2, 0.25) is 0 Å². The number of aliphatic carboxylic acids is 1. The van der Waals surface area contributed by atoms with Crippen molar-refractivity contribution in [2.24, 2.45) is 0 Å². The van der Waals surface area contributed by atoms with Crippen LogP contribution in [0, 0.1) is 0 Å². The van der Waals surface area contributed by atoms with Gasteiger partial charge in [0.15, 0.2) is 5.82 Å². The van der Waals surface area contributed by atoms with Crippen molar-refractivity contribution in [1.82, 2.24) is 15.2 Å². The molecule has 134 valence electrons. The molecule has 0 radical (unpaired) electrons. The zero-order chi connectivity index (χ0) is 18.5. The second-order valence-corrected chi connectivity index (χ2v) is 6.97. The first-order chi connectivity index (χ1) is 12.6. The van der Waals surface area contributed by atoms with Crippen molar-refractivity contribution in [3.8, 4) is 22.9 Å². The number of carboxylic acid groups (broad SMARTS) is 1. The van der Waals surface area contributed by atoms with E-state index in [1.807, 2.05) is 17.5 Å². The molecule has 0 aliphatic heterocycles. The van der Waals surface area contributed by atoms with E-state index in [-0.39, 0.29) is 10.1 Å². The van der Waals surface area contributed by atoms with Gasteiger partial charge >= 0.3 is 0 Å². The van der Waals surface area contributed by atoms with E-state index in [1.54, 1.807) is 32.4 Å². The van der Waals surface area contributed by atoms with Crippen LogP contribution in [-0.4, -0.2) is 35.4 Å². The lowest BCUT2D eigenvalue weighted by molar-refractivity contribution is -0.297. The van der Waals surface area contributed by atoms with Crippen molar-refractivity contribution in [1.29, 1.82) is 0 Å². The van der Waals surface area contributed by atoms with Crippen molar-refractivity contribution in [2.75, 3.05) is 14.2 Å². The molecule has 0 aliphatic carbocycles. The smallest absolute Gasteiger partial charge is 0.213 e. The van der Waals surface area contributed by atoms with Gasteiger partial charge in [-0.15, -0.1) is 16.4 Å². The molecular formula is C17H14N3O4S2-. The Hall–Kier alpha value is -2.78. The summed E-state index contributed by atoms with van der Waals surface area (Å²) in [7, 11) is 3.11. The molecule has 0 bridgehead atoms. The Labute approximate surface area is 157 Å². The number of carboxylic acids is 1. The minimum Gasteiger partial charge on any atom is -0.544 e. The van der Waals surface area contributed by atoms with Crippen LogP contribution < -0.4 is 14.6 Å². The molecule has 0 unspecified atom stereocenters. The van der Waals surface area contributed by atoms with Gasteiger partial charge in [0.2, 0.25) is 5.16 Å². The van der Waals surface area contributed by atoms with Crippen molar-refractivity contribution in [3.05, 3.63) is 45.5 Å². The maximum atomic E-state index is 11.4. The van der Waals surface area contributed by atoms with Gasteiger partial charge in [0.25, 0.3) is 0 Å². The van der Waals surface area contributed by atoms with Crippen LogP contribution >= 0.6 is 23.1 Å². The van der Waals surface area contributed by atoms with E-state index in [1.165, 1.54) is 17.4 Å². The molecule has 0 fully saturated rings. The van der Waals surface area contributed by atoms with Crippen LogP contribution in [0.5, 0.6) is 11.5 Å². The molecule has 0 atom stereocenters. The number of benzene rings is 1. The molecule has 2 heterocycles. The van der Waals surface area contributed by atoms with E-state index in [9.17, 15) is 9.90 Å². The number of carbonyl (C=O) groups excluding carboxylic acids is 1. The molecule has 3 rings (SSSR count). The van der Waals surface area contributed by atoms with E-state index in [2.05, 4.69) is 15.2 Å². The van der Waals surface area contributed by atoms with E-state index in [0.29, 0.717) is 22.9 Å². The standard InChI is InChI=1S/C17H15N3O4S2/c1-23-11-6-10(7-12(8-11)24-2)15-18-17(20-19-15)26-14(16(21)22)9-13-4-3-5-25-13/h3-9H,1-2H3,(H,21,22)(H,18,19,20)/p-1/b14-9+. The third kappa shape index (κ3) is 4.24. The predicted molar refractivity (Wildman–Crippen MR) is 98.1 cm³/mol. The largest absolute Gasteiger partial charge is 0.544 e. The topological polar surface area (TPSA) is 100 Å². The lowest BCUT2D eigenvalue weighted by Crippen LogP contribution is -2.23. The number of thioether (sulfide) groups is 1. The van der Waals surface area contributed by atoms with Crippen molar-refractivity contribution in [2.45, 2.75) is 5.16 Å². The van der Waals surface area contributed by atoms with Crippen LogP contribution in [0.3, 0.4) is 0 Å². The number of aromatic amines is 1. The maximum Gasteiger partial charge on any atom is 0.213 e. The first-order valence-corrected chi connectivity index (χ1v) is 9.09. The zero-order valence-corrected chi connectivity index (χ0v) is 15.5. The number of rotatable bonds is 7. The number of H-pyrrole nitrogens is 1. The SMILES string of the molecule is COc1cc(OC)cc(-c2nc(S/C(=C/c3cccs3)C(=O)[O-])n[nH]2)c1. The highest BCUT2D eigenvalue weighted by molar-refractivity contribution is 8.04. The number of nitrogens with one attached hydrogen (secondary N) is 1. The normalized spacial score (nSPS) is 11.4. The van der Waals surface area contributed by atoms with Crippen LogP contribution in [0.4, 0.5) is 0 Å². The van der Waals surface area contributed by atoms with Crippen LogP contribution in [0.1, 0.15) is 4.88 Å². The molecule has 1 N–H and O–H groups in total. The molecule has 2 aromatic heterocycles. The Morgan fingerprint density at radius 1 is 1.27 bits per heavy atom. The van der Waals surface area contributed by atoms with E-state index in [0.717, 1.165) is 16.6 Å². The lowest BCUT2D eigenvalue weighted by Gasteiger charge is -2.06. The number of thiophene rings is 1. The second-order valence-electron chi connectivity index (χ2n) is 4.98. The number of aromatic nitrogens is 3. The highest BCUT2D eigenvalue weighted by Gasteiger charge is 2.12. The summed E-state index contributed by atoms with van der Waals surface area (Å²) >= 11 is 2.35. The predicted octanol–water partition coefficient (Wildman–Crippen LogP) is 2.43.